The number of ether oxygens (including phenoxy) is 1. The number of rotatable bonds is 4. The predicted octanol–water partition coefficient (Wildman–Crippen LogP) is 3.42. The number of hydrogen-bond acceptors (Lipinski definition) is 3. The van der Waals surface area contributed by atoms with Crippen LogP contribution in [0.5, 0.6) is 0 Å². The van der Waals surface area contributed by atoms with Gasteiger partial charge in [0, 0.05) is 25.6 Å². The van der Waals surface area contributed by atoms with Crippen molar-refractivity contribution in [2.24, 2.45) is 0 Å². The molecule has 1 aromatic carbocycles. The number of hydrogen-bond donors (Lipinski definition) is 0. The number of aromatic nitrogens is 1. The molecule has 1 amide bonds. The van der Waals surface area contributed by atoms with Gasteiger partial charge >= 0.3 is 0 Å². The predicted molar refractivity (Wildman–Crippen MR) is 93.9 cm³/mol. The smallest absolute Gasteiger partial charge is 0.272 e. The van der Waals surface area contributed by atoms with Crippen molar-refractivity contribution in [2.75, 3.05) is 20.2 Å². The summed E-state index contributed by atoms with van der Waals surface area (Å²) in [4.78, 5) is 19.3. The topological polar surface area (TPSA) is 42.4 Å². The van der Waals surface area contributed by atoms with Crippen LogP contribution in [-0.2, 0) is 16.8 Å². The van der Waals surface area contributed by atoms with E-state index in [2.05, 4.69) is 36.2 Å². The highest BCUT2D eigenvalue weighted by Crippen LogP contribution is 2.33. The molecule has 0 saturated carbocycles. The van der Waals surface area contributed by atoms with Crippen LogP contribution in [0.4, 0.5) is 0 Å². The molecule has 0 spiro atoms. The number of nitrogens with zero attached hydrogens (tertiary/aromatic N) is 2. The van der Waals surface area contributed by atoms with Crippen molar-refractivity contribution in [2.45, 2.75) is 31.8 Å². The van der Waals surface area contributed by atoms with Crippen molar-refractivity contribution in [3.63, 3.8) is 0 Å². The van der Waals surface area contributed by atoms with Crippen LogP contribution in [0.25, 0.3) is 0 Å². The van der Waals surface area contributed by atoms with Crippen LogP contribution >= 0.6 is 0 Å². The fraction of sp³-hybridized carbons (Fsp3) is 0.400. The van der Waals surface area contributed by atoms with Gasteiger partial charge in [0.15, 0.2) is 0 Å². The van der Waals surface area contributed by atoms with Gasteiger partial charge in [-0.2, -0.15) is 0 Å². The molecule has 0 radical (unpaired) electrons. The molecule has 0 unspecified atom stereocenters. The second kappa shape index (κ2) is 7.14. The second-order valence-electron chi connectivity index (χ2n) is 6.70. The second-order valence-corrected chi connectivity index (χ2v) is 6.70. The van der Waals surface area contributed by atoms with Crippen LogP contribution < -0.4 is 0 Å². The zero-order valence-corrected chi connectivity index (χ0v) is 14.4. The summed E-state index contributed by atoms with van der Waals surface area (Å²) >= 11 is 0. The maximum atomic E-state index is 12.9. The van der Waals surface area contributed by atoms with Crippen LogP contribution in [-0.4, -0.2) is 36.0 Å². The maximum absolute atomic E-state index is 12.9. The van der Waals surface area contributed by atoms with Crippen LogP contribution in [0.1, 0.15) is 41.5 Å². The Morgan fingerprint density at radius 2 is 2.00 bits per heavy atom. The van der Waals surface area contributed by atoms with E-state index < -0.39 is 0 Å². The fourth-order valence-electron chi connectivity index (χ4n) is 3.48. The van der Waals surface area contributed by atoms with Gasteiger partial charge in [-0.1, -0.05) is 43.3 Å². The van der Waals surface area contributed by atoms with E-state index in [0.717, 1.165) is 31.6 Å². The highest BCUT2D eigenvalue weighted by atomic mass is 16.5. The normalized spacial score (nSPS) is 20.8. The molecule has 0 aliphatic carbocycles. The molecule has 2 heterocycles. The molecule has 4 heteroatoms. The first kappa shape index (κ1) is 16.7. The van der Waals surface area contributed by atoms with Crippen LogP contribution in [0.2, 0.25) is 0 Å². The molecular formula is C20H24N2O2. The average Bonchev–Trinajstić information content (AvgIpc) is 2.62. The molecule has 1 saturated heterocycles. The summed E-state index contributed by atoms with van der Waals surface area (Å²) in [7, 11) is 1.63. The Hall–Kier alpha value is -2.20. The van der Waals surface area contributed by atoms with Gasteiger partial charge < -0.3 is 9.64 Å². The molecule has 4 nitrogen and oxygen atoms in total. The average molecular weight is 324 g/mol. The van der Waals surface area contributed by atoms with Gasteiger partial charge in [0.2, 0.25) is 0 Å². The number of methoxy groups -OCH3 is 1. The van der Waals surface area contributed by atoms with Crippen molar-refractivity contribution < 1.29 is 9.53 Å². The van der Waals surface area contributed by atoms with Gasteiger partial charge in [-0.05, 0) is 30.5 Å². The lowest BCUT2D eigenvalue weighted by Gasteiger charge is -2.40. The van der Waals surface area contributed by atoms with E-state index in [1.807, 2.05) is 23.1 Å². The standard InChI is InChI=1S/C20H24N2O2/c1-20(16-8-4-3-5-9-16)12-7-13-22(15-20)19(23)18-11-6-10-17(21-18)14-24-2/h3-6,8-11H,7,12-15H2,1-2H3/t20-/m1/s1. The maximum Gasteiger partial charge on any atom is 0.272 e. The summed E-state index contributed by atoms with van der Waals surface area (Å²) in [6.45, 7) is 4.18. The van der Waals surface area contributed by atoms with Crippen LogP contribution in [0.3, 0.4) is 0 Å². The number of likely N-dealkylation sites (tertiary alicyclic amines) is 1. The lowest BCUT2D eigenvalue weighted by atomic mass is 9.76. The Labute approximate surface area is 143 Å². The molecule has 3 rings (SSSR count). The first-order chi connectivity index (χ1) is 11.6. The monoisotopic (exact) mass is 324 g/mol. The number of amides is 1. The Balaban J connectivity index is 1.79. The Morgan fingerprint density at radius 1 is 1.21 bits per heavy atom. The molecule has 1 aliphatic rings. The van der Waals surface area contributed by atoms with Crippen LogP contribution in [0.15, 0.2) is 48.5 Å². The summed E-state index contributed by atoms with van der Waals surface area (Å²) in [5, 5.41) is 0. The highest BCUT2D eigenvalue weighted by Gasteiger charge is 2.35. The van der Waals surface area contributed by atoms with Gasteiger partial charge in [0.25, 0.3) is 5.91 Å². The van der Waals surface area contributed by atoms with Gasteiger partial charge in [-0.3, -0.25) is 4.79 Å². The third kappa shape index (κ3) is 3.49. The molecule has 2 aromatic rings. The summed E-state index contributed by atoms with van der Waals surface area (Å²) < 4.78 is 5.11. The van der Waals surface area contributed by atoms with Crippen LogP contribution in [0, 0.1) is 0 Å². The number of carbonyl (C=O) groups excluding carboxylic acids is 1. The molecule has 1 fully saturated rings. The Bertz CT molecular complexity index is 702. The zero-order chi connectivity index (χ0) is 17.0. The minimum absolute atomic E-state index is 0.000685. The summed E-state index contributed by atoms with van der Waals surface area (Å²) in [5.74, 6) is 0.00908. The summed E-state index contributed by atoms with van der Waals surface area (Å²) in [6, 6.07) is 16.0. The van der Waals surface area contributed by atoms with E-state index in [0.29, 0.717) is 12.3 Å². The fourth-order valence-corrected chi connectivity index (χ4v) is 3.48. The number of pyridine rings is 1. The molecule has 1 atom stereocenters. The van der Waals surface area contributed by atoms with Gasteiger partial charge in [-0.15, -0.1) is 0 Å². The van der Waals surface area contributed by atoms with E-state index in [9.17, 15) is 4.79 Å². The summed E-state index contributed by atoms with van der Waals surface area (Å²) in [5.41, 5.74) is 2.58. The van der Waals surface area contributed by atoms with Crippen molar-refractivity contribution in [3.8, 4) is 0 Å². The number of piperidine rings is 1. The Morgan fingerprint density at radius 3 is 2.75 bits per heavy atom. The van der Waals surface area contributed by atoms with E-state index in [1.165, 1.54) is 5.56 Å². The number of benzene rings is 1. The van der Waals surface area contributed by atoms with Crippen molar-refractivity contribution in [1.82, 2.24) is 9.88 Å². The van der Waals surface area contributed by atoms with E-state index >= 15 is 0 Å². The van der Waals surface area contributed by atoms with Gasteiger partial charge in [0.1, 0.15) is 5.69 Å². The zero-order valence-electron chi connectivity index (χ0n) is 14.4. The molecule has 1 aliphatic heterocycles. The third-order valence-electron chi connectivity index (χ3n) is 4.77. The number of carbonyl (C=O) groups is 1. The van der Waals surface area contributed by atoms with Crippen molar-refractivity contribution in [1.29, 1.82) is 0 Å². The van der Waals surface area contributed by atoms with Crippen molar-refractivity contribution >= 4 is 5.91 Å². The Kier molecular flexibility index (Phi) is 4.95. The molecule has 0 N–H and O–H groups in total. The van der Waals surface area contributed by atoms with Gasteiger partial charge in [0.05, 0.1) is 12.3 Å². The molecule has 1 aromatic heterocycles. The SMILES string of the molecule is COCc1cccc(C(=O)N2CCC[C@@](C)(c3ccccc3)C2)n1. The lowest BCUT2D eigenvalue weighted by molar-refractivity contribution is 0.0644. The highest BCUT2D eigenvalue weighted by molar-refractivity contribution is 5.92. The first-order valence-corrected chi connectivity index (χ1v) is 8.42. The van der Waals surface area contributed by atoms with E-state index in [-0.39, 0.29) is 11.3 Å². The lowest BCUT2D eigenvalue weighted by Crippen LogP contribution is -2.47. The van der Waals surface area contributed by atoms with Crippen molar-refractivity contribution in [3.05, 3.63) is 65.5 Å². The molecule has 126 valence electrons. The minimum Gasteiger partial charge on any atom is -0.378 e. The molecule has 0 bridgehead atoms. The molecular weight excluding hydrogens is 300 g/mol. The largest absolute Gasteiger partial charge is 0.378 e. The van der Waals surface area contributed by atoms with E-state index in [4.69, 9.17) is 4.74 Å². The quantitative estimate of drug-likeness (QED) is 0.865. The first-order valence-electron chi connectivity index (χ1n) is 8.42. The minimum atomic E-state index is -0.000685. The van der Waals surface area contributed by atoms with E-state index in [1.54, 1.807) is 13.2 Å². The third-order valence-corrected chi connectivity index (χ3v) is 4.77. The summed E-state index contributed by atoms with van der Waals surface area (Å²) in [6.07, 6.45) is 2.10. The van der Waals surface area contributed by atoms with Gasteiger partial charge in [-0.25, -0.2) is 4.98 Å². The molecule has 24 heavy (non-hydrogen) atoms.